The van der Waals surface area contributed by atoms with Crippen molar-refractivity contribution in [2.45, 2.75) is 20.4 Å². The van der Waals surface area contributed by atoms with Crippen LogP contribution >= 0.6 is 11.6 Å². The molecule has 4 rings (SSSR count). The lowest BCUT2D eigenvalue weighted by molar-refractivity contribution is -0.116. The van der Waals surface area contributed by atoms with Crippen LogP contribution in [-0.2, 0) is 16.1 Å². The Balaban J connectivity index is 1.64. The zero-order valence-corrected chi connectivity index (χ0v) is 17.0. The Bertz CT molecular complexity index is 1080. The second-order valence-corrected chi connectivity index (χ2v) is 7.28. The van der Waals surface area contributed by atoms with E-state index < -0.39 is 0 Å². The Hall–Kier alpha value is -2.84. The van der Waals surface area contributed by atoms with Crippen molar-refractivity contribution >= 4 is 40.1 Å². The van der Waals surface area contributed by atoms with Gasteiger partial charge in [0.15, 0.2) is 0 Å². The summed E-state index contributed by atoms with van der Waals surface area (Å²) in [5.74, 6) is -0.475. The number of para-hydroxylation sites is 1. The Labute approximate surface area is 172 Å². The number of anilines is 1. The molecule has 1 aliphatic heterocycles. The molecule has 0 atom stereocenters. The molecule has 0 bridgehead atoms. The van der Waals surface area contributed by atoms with E-state index >= 15 is 0 Å². The number of rotatable bonds is 4. The molecule has 0 saturated carbocycles. The van der Waals surface area contributed by atoms with Gasteiger partial charge in [0, 0.05) is 18.5 Å². The highest BCUT2D eigenvalue weighted by Crippen LogP contribution is 2.32. The van der Waals surface area contributed by atoms with Gasteiger partial charge in [0.1, 0.15) is 17.8 Å². The van der Waals surface area contributed by atoms with E-state index in [0.717, 1.165) is 0 Å². The highest BCUT2D eigenvalue weighted by molar-refractivity contribution is 6.31. The maximum Gasteiger partial charge on any atom is 0.291 e. The summed E-state index contributed by atoms with van der Waals surface area (Å²) < 4.78 is 12.7. The van der Waals surface area contributed by atoms with Crippen molar-refractivity contribution in [2.75, 3.05) is 31.6 Å². The summed E-state index contributed by atoms with van der Waals surface area (Å²) in [6, 6.07) is 7.22. The van der Waals surface area contributed by atoms with Gasteiger partial charge in [0.05, 0.1) is 29.6 Å². The van der Waals surface area contributed by atoms with Crippen LogP contribution in [0.4, 0.5) is 5.69 Å². The Morgan fingerprint density at radius 1 is 1.21 bits per heavy atom. The van der Waals surface area contributed by atoms with Gasteiger partial charge in [-0.25, -0.2) is 0 Å². The van der Waals surface area contributed by atoms with Gasteiger partial charge < -0.3 is 19.4 Å². The molecule has 1 fully saturated rings. The summed E-state index contributed by atoms with van der Waals surface area (Å²) in [5.41, 5.74) is 2.28. The Morgan fingerprint density at radius 3 is 2.62 bits per heavy atom. The van der Waals surface area contributed by atoms with E-state index in [2.05, 4.69) is 10.4 Å². The second kappa shape index (κ2) is 7.88. The predicted molar refractivity (Wildman–Crippen MR) is 108 cm³/mol. The van der Waals surface area contributed by atoms with Gasteiger partial charge in [-0.2, -0.15) is 5.10 Å². The number of amides is 2. The van der Waals surface area contributed by atoms with Gasteiger partial charge >= 0.3 is 0 Å². The van der Waals surface area contributed by atoms with Crippen LogP contribution in [0.2, 0.25) is 5.02 Å². The highest BCUT2D eigenvalue weighted by Gasteiger charge is 2.27. The van der Waals surface area contributed by atoms with E-state index in [1.54, 1.807) is 29.5 Å². The minimum atomic E-state index is -0.324. The van der Waals surface area contributed by atoms with Crippen LogP contribution in [0.25, 0.3) is 11.0 Å². The number of carbonyl (C=O) groups excluding carboxylic acids is 2. The minimum Gasteiger partial charge on any atom is -0.449 e. The summed E-state index contributed by atoms with van der Waals surface area (Å²) in [6.07, 6.45) is 0. The number of halogens is 1. The number of benzene rings is 1. The number of nitrogens with zero attached hydrogens (tertiary/aromatic N) is 3. The second-order valence-electron chi connectivity index (χ2n) is 6.90. The number of fused-ring (bicyclic) bond motifs is 1. The fourth-order valence-electron chi connectivity index (χ4n) is 3.37. The van der Waals surface area contributed by atoms with Gasteiger partial charge in [0.25, 0.3) is 5.91 Å². The number of aromatic nitrogens is 2. The van der Waals surface area contributed by atoms with Gasteiger partial charge in [0.2, 0.25) is 11.7 Å². The standard InChI is InChI=1S/C20H21ClN4O4/c1-12-17(21)13(2)25(23-12)11-16(26)22-18-14-5-3-4-6-15(14)29-19(18)20(27)24-7-9-28-10-8-24/h3-6H,7-11H2,1-2H3,(H,22,26). The van der Waals surface area contributed by atoms with E-state index in [-0.39, 0.29) is 24.1 Å². The summed E-state index contributed by atoms with van der Waals surface area (Å²) >= 11 is 6.17. The van der Waals surface area contributed by atoms with Crippen LogP contribution in [0.5, 0.6) is 0 Å². The zero-order valence-electron chi connectivity index (χ0n) is 16.2. The summed E-state index contributed by atoms with van der Waals surface area (Å²) in [4.78, 5) is 27.4. The molecule has 1 N–H and O–H groups in total. The maximum atomic E-state index is 13.0. The van der Waals surface area contributed by atoms with Crippen LogP contribution in [-0.4, -0.2) is 52.8 Å². The van der Waals surface area contributed by atoms with Crippen molar-refractivity contribution in [3.05, 3.63) is 46.4 Å². The molecule has 8 nitrogen and oxygen atoms in total. The number of hydrogen-bond acceptors (Lipinski definition) is 5. The van der Waals surface area contributed by atoms with Gasteiger partial charge in [-0.05, 0) is 26.0 Å². The highest BCUT2D eigenvalue weighted by atomic mass is 35.5. The number of furan rings is 1. The lowest BCUT2D eigenvalue weighted by atomic mass is 10.2. The zero-order chi connectivity index (χ0) is 20.5. The van der Waals surface area contributed by atoms with Crippen molar-refractivity contribution in [3.63, 3.8) is 0 Å². The van der Waals surface area contributed by atoms with Crippen LogP contribution in [0.15, 0.2) is 28.7 Å². The first kappa shape index (κ1) is 19.5. The molecule has 1 aromatic carbocycles. The normalized spacial score (nSPS) is 14.4. The molecule has 2 aromatic heterocycles. The molecule has 3 heterocycles. The molecule has 1 saturated heterocycles. The molecule has 0 radical (unpaired) electrons. The lowest BCUT2D eigenvalue weighted by Gasteiger charge is -2.26. The molecule has 1 aliphatic rings. The van der Waals surface area contributed by atoms with Crippen molar-refractivity contribution in [1.29, 1.82) is 0 Å². The largest absolute Gasteiger partial charge is 0.449 e. The topological polar surface area (TPSA) is 89.6 Å². The first-order valence-electron chi connectivity index (χ1n) is 9.33. The number of nitrogens with one attached hydrogen (secondary N) is 1. The van der Waals surface area contributed by atoms with Crippen molar-refractivity contribution in [1.82, 2.24) is 14.7 Å². The lowest BCUT2D eigenvalue weighted by Crippen LogP contribution is -2.40. The first-order chi connectivity index (χ1) is 14.0. The van der Waals surface area contributed by atoms with E-state index in [0.29, 0.717) is 59.4 Å². The fourth-order valence-corrected chi connectivity index (χ4v) is 3.51. The third kappa shape index (κ3) is 3.73. The monoisotopic (exact) mass is 416 g/mol. The molecule has 0 unspecified atom stereocenters. The summed E-state index contributed by atoms with van der Waals surface area (Å²) in [5, 5.41) is 8.33. The molecule has 29 heavy (non-hydrogen) atoms. The van der Waals surface area contributed by atoms with E-state index in [9.17, 15) is 9.59 Å². The number of morpholine rings is 1. The van der Waals surface area contributed by atoms with E-state index in [1.807, 2.05) is 18.2 Å². The van der Waals surface area contributed by atoms with Crippen LogP contribution < -0.4 is 5.32 Å². The summed E-state index contributed by atoms with van der Waals surface area (Å²) in [6.45, 7) is 5.48. The number of carbonyl (C=O) groups is 2. The first-order valence-corrected chi connectivity index (χ1v) is 9.71. The average molecular weight is 417 g/mol. The van der Waals surface area contributed by atoms with Crippen LogP contribution in [0, 0.1) is 13.8 Å². The van der Waals surface area contributed by atoms with Gasteiger partial charge in [-0.3, -0.25) is 14.3 Å². The smallest absolute Gasteiger partial charge is 0.291 e. The molecule has 0 spiro atoms. The average Bonchev–Trinajstić information content (AvgIpc) is 3.21. The number of aryl methyl sites for hydroxylation is 1. The molecule has 152 valence electrons. The SMILES string of the molecule is Cc1nn(CC(=O)Nc2c(C(=O)N3CCOCC3)oc3ccccc23)c(C)c1Cl. The summed E-state index contributed by atoms with van der Waals surface area (Å²) in [7, 11) is 0. The van der Waals surface area contributed by atoms with Crippen molar-refractivity contribution in [3.8, 4) is 0 Å². The maximum absolute atomic E-state index is 13.0. The Morgan fingerprint density at radius 2 is 1.93 bits per heavy atom. The molecule has 0 aliphatic carbocycles. The molecular weight excluding hydrogens is 396 g/mol. The Kier molecular flexibility index (Phi) is 5.29. The third-order valence-electron chi connectivity index (χ3n) is 4.94. The fraction of sp³-hybridized carbons (Fsp3) is 0.350. The van der Waals surface area contributed by atoms with Crippen molar-refractivity contribution in [2.24, 2.45) is 0 Å². The van der Waals surface area contributed by atoms with E-state index in [4.69, 9.17) is 20.8 Å². The number of ether oxygens (including phenoxy) is 1. The minimum absolute atomic E-state index is 0.0237. The van der Waals surface area contributed by atoms with E-state index in [1.165, 1.54) is 0 Å². The van der Waals surface area contributed by atoms with Gasteiger partial charge in [-0.15, -0.1) is 0 Å². The van der Waals surface area contributed by atoms with Crippen molar-refractivity contribution < 1.29 is 18.7 Å². The molecule has 3 aromatic rings. The predicted octanol–water partition coefficient (Wildman–Crippen LogP) is 3.01. The van der Waals surface area contributed by atoms with Crippen LogP contribution in [0.1, 0.15) is 21.9 Å². The third-order valence-corrected chi connectivity index (χ3v) is 5.49. The van der Waals surface area contributed by atoms with Gasteiger partial charge in [-0.1, -0.05) is 23.7 Å². The van der Waals surface area contributed by atoms with Crippen LogP contribution in [0.3, 0.4) is 0 Å². The number of hydrogen-bond donors (Lipinski definition) is 1. The quantitative estimate of drug-likeness (QED) is 0.706. The molecular formula is C20H21ClN4O4. The molecule has 9 heteroatoms. The molecule has 2 amide bonds.